The minimum Gasteiger partial charge on any atom is -0.346 e. The second-order valence-corrected chi connectivity index (χ2v) is 5.01. The Bertz CT molecular complexity index is 603. The molecule has 0 aliphatic rings. The molecule has 0 unspecified atom stereocenters. The summed E-state index contributed by atoms with van der Waals surface area (Å²) in [7, 11) is 0. The van der Waals surface area contributed by atoms with E-state index in [4.69, 9.17) is 0 Å². The SMILES string of the molecule is CCCc1cc2c([nH]c3ccccc32)s1. The maximum Gasteiger partial charge on any atom is 0.101 e. The van der Waals surface area contributed by atoms with E-state index in [1.165, 1.54) is 38.8 Å². The number of aromatic nitrogens is 1. The fourth-order valence-electron chi connectivity index (χ4n) is 2.05. The molecule has 0 fully saturated rings. The smallest absolute Gasteiger partial charge is 0.101 e. The predicted molar refractivity (Wildman–Crippen MR) is 67.7 cm³/mol. The first kappa shape index (κ1) is 8.98. The first-order valence-corrected chi connectivity index (χ1v) is 6.19. The predicted octanol–water partition coefficient (Wildman–Crippen LogP) is 4.34. The fourth-order valence-corrected chi connectivity index (χ4v) is 3.24. The van der Waals surface area contributed by atoms with Crippen LogP contribution in [0.1, 0.15) is 18.2 Å². The van der Waals surface area contributed by atoms with Crippen molar-refractivity contribution in [1.82, 2.24) is 4.98 Å². The van der Waals surface area contributed by atoms with Gasteiger partial charge in [-0.1, -0.05) is 31.5 Å². The van der Waals surface area contributed by atoms with Gasteiger partial charge in [0, 0.05) is 21.2 Å². The molecule has 0 saturated carbocycles. The van der Waals surface area contributed by atoms with Crippen LogP contribution in [0.25, 0.3) is 21.1 Å². The van der Waals surface area contributed by atoms with Gasteiger partial charge in [-0.25, -0.2) is 0 Å². The average Bonchev–Trinajstić information content (AvgIpc) is 2.75. The summed E-state index contributed by atoms with van der Waals surface area (Å²) in [4.78, 5) is 6.28. The van der Waals surface area contributed by atoms with Crippen molar-refractivity contribution in [3.63, 3.8) is 0 Å². The van der Waals surface area contributed by atoms with Gasteiger partial charge in [-0.3, -0.25) is 0 Å². The molecule has 0 aliphatic carbocycles. The van der Waals surface area contributed by atoms with Crippen molar-refractivity contribution < 1.29 is 0 Å². The van der Waals surface area contributed by atoms with E-state index < -0.39 is 0 Å². The van der Waals surface area contributed by atoms with Crippen molar-refractivity contribution in [2.45, 2.75) is 19.8 Å². The van der Waals surface area contributed by atoms with Crippen LogP contribution in [0.4, 0.5) is 0 Å². The number of nitrogens with one attached hydrogen (secondary N) is 1. The van der Waals surface area contributed by atoms with Gasteiger partial charge in [-0.05, 0) is 18.6 Å². The molecule has 0 saturated heterocycles. The lowest BCUT2D eigenvalue weighted by atomic mass is 10.2. The zero-order valence-electron chi connectivity index (χ0n) is 8.71. The summed E-state index contributed by atoms with van der Waals surface area (Å²) in [6.07, 6.45) is 2.42. The van der Waals surface area contributed by atoms with Crippen molar-refractivity contribution in [3.8, 4) is 0 Å². The van der Waals surface area contributed by atoms with Crippen LogP contribution >= 0.6 is 11.3 Å². The lowest BCUT2D eigenvalue weighted by Gasteiger charge is -1.90. The van der Waals surface area contributed by atoms with Gasteiger partial charge in [0.25, 0.3) is 0 Å². The number of thiophene rings is 1. The third-order valence-electron chi connectivity index (χ3n) is 2.74. The largest absolute Gasteiger partial charge is 0.346 e. The molecule has 0 radical (unpaired) electrons. The van der Waals surface area contributed by atoms with Gasteiger partial charge < -0.3 is 4.98 Å². The summed E-state index contributed by atoms with van der Waals surface area (Å²) in [5.41, 5.74) is 1.25. The highest BCUT2D eigenvalue weighted by Gasteiger charge is 2.07. The number of hydrogen-bond acceptors (Lipinski definition) is 1. The van der Waals surface area contributed by atoms with Crippen LogP contribution in [0.2, 0.25) is 0 Å². The van der Waals surface area contributed by atoms with E-state index in [-0.39, 0.29) is 0 Å². The summed E-state index contributed by atoms with van der Waals surface area (Å²) in [6, 6.07) is 10.8. The topological polar surface area (TPSA) is 15.8 Å². The Morgan fingerprint density at radius 3 is 2.93 bits per heavy atom. The van der Waals surface area contributed by atoms with E-state index in [0.717, 1.165) is 0 Å². The normalized spacial score (nSPS) is 11.5. The maximum atomic E-state index is 3.48. The highest BCUT2D eigenvalue weighted by Crippen LogP contribution is 2.32. The van der Waals surface area contributed by atoms with Crippen LogP contribution in [-0.2, 0) is 6.42 Å². The Hall–Kier alpha value is -1.28. The Morgan fingerprint density at radius 2 is 2.07 bits per heavy atom. The zero-order chi connectivity index (χ0) is 10.3. The minimum atomic E-state index is 1.20. The molecular weight excluding hydrogens is 202 g/mol. The summed E-state index contributed by atoms with van der Waals surface area (Å²) < 4.78 is 0. The average molecular weight is 215 g/mol. The van der Waals surface area contributed by atoms with Crippen LogP contribution in [0.5, 0.6) is 0 Å². The summed E-state index contributed by atoms with van der Waals surface area (Å²) in [5, 5.41) is 2.74. The fraction of sp³-hybridized carbons (Fsp3) is 0.231. The van der Waals surface area contributed by atoms with E-state index in [9.17, 15) is 0 Å². The first-order chi connectivity index (χ1) is 7.38. The van der Waals surface area contributed by atoms with Crippen molar-refractivity contribution in [3.05, 3.63) is 35.2 Å². The number of H-pyrrole nitrogens is 1. The van der Waals surface area contributed by atoms with Crippen LogP contribution in [-0.4, -0.2) is 4.98 Å². The monoisotopic (exact) mass is 215 g/mol. The molecule has 2 heteroatoms. The highest BCUT2D eigenvalue weighted by molar-refractivity contribution is 7.18. The van der Waals surface area contributed by atoms with Gasteiger partial charge in [-0.15, -0.1) is 11.3 Å². The lowest BCUT2D eigenvalue weighted by molar-refractivity contribution is 0.941. The molecule has 2 aromatic heterocycles. The van der Waals surface area contributed by atoms with Gasteiger partial charge in [0.1, 0.15) is 4.83 Å². The molecule has 76 valence electrons. The standard InChI is InChI=1S/C13H13NS/c1-2-5-9-8-11-10-6-3-4-7-12(10)14-13(11)15-9/h3-4,6-8,14H,2,5H2,1H3. The Morgan fingerprint density at radius 1 is 1.20 bits per heavy atom. The zero-order valence-corrected chi connectivity index (χ0v) is 9.53. The van der Waals surface area contributed by atoms with Gasteiger partial charge >= 0.3 is 0 Å². The second-order valence-electron chi connectivity index (χ2n) is 3.88. The molecule has 0 spiro atoms. The summed E-state index contributed by atoms with van der Waals surface area (Å²) in [5.74, 6) is 0. The van der Waals surface area contributed by atoms with Crippen LogP contribution in [0.15, 0.2) is 30.3 Å². The van der Waals surface area contributed by atoms with Crippen LogP contribution in [0, 0.1) is 0 Å². The number of benzene rings is 1. The number of aryl methyl sites for hydroxylation is 1. The molecule has 1 N–H and O–H groups in total. The van der Waals surface area contributed by atoms with Gasteiger partial charge in [0.15, 0.2) is 0 Å². The number of fused-ring (bicyclic) bond motifs is 3. The summed E-state index contributed by atoms with van der Waals surface area (Å²) >= 11 is 1.89. The van der Waals surface area contributed by atoms with E-state index in [0.29, 0.717) is 0 Å². The van der Waals surface area contributed by atoms with Crippen molar-refractivity contribution in [2.75, 3.05) is 0 Å². The molecule has 1 aromatic carbocycles. The van der Waals surface area contributed by atoms with E-state index in [2.05, 4.69) is 42.2 Å². The molecule has 2 heterocycles. The van der Waals surface area contributed by atoms with Crippen LogP contribution in [0.3, 0.4) is 0 Å². The lowest BCUT2D eigenvalue weighted by Crippen LogP contribution is -1.73. The van der Waals surface area contributed by atoms with Crippen molar-refractivity contribution >= 4 is 32.5 Å². The Balaban J connectivity index is 2.28. The third-order valence-corrected chi connectivity index (χ3v) is 3.86. The minimum absolute atomic E-state index is 1.20. The number of hydrogen-bond donors (Lipinski definition) is 1. The van der Waals surface area contributed by atoms with Gasteiger partial charge in [0.2, 0.25) is 0 Å². The number of rotatable bonds is 2. The first-order valence-electron chi connectivity index (χ1n) is 5.37. The van der Waals surface area contributed by atoms with Crippen molar-refractivity contribution in [2.24, 2.45) is 0 Å². The van der Waals surface area contributed by atoms with Gasteiger partial charge in [0.05, 0.1) is 0 Å². The molecule has 3 rings (SSSR count). The Kier molecular flexibility index (Phi) is 2.03. The van der Waals surface area contributed by atoms with Gasteiger partial charge in [-0.2, -0.15) is 0 Å². The molecule has 0 amide bonds. The molecule has 0 bridgehead atoms. The number of para-hydroxylation sites is 1. The molecule has 1 nitrogen and oxygen atoms in total. The summed E-state index contributed by atoms with van der Waals surface area (Å²) in [6.45, 7) is 2.23. The molecule has 0 atom stereocenters. The van der Waals surface area contributed by atoms with Crippen LogP contribution < -0.4 is 0 Å². The molecular formula is C13H13NS. The number of aromatic amines is 1. The van der Waals surface area contributed by atoms with Crippen molar-refractivity contribution in [1.29, 1.82) is 0 Å². The molecule has 0 aliphatic heterocycles. The molecule has 3 aromatic rings. The second kappa shape index (κ2) is 3.38. The third kappa shape index (κ3) is 1.37. The Labute approximate surface area is 92.7 Å². The maximum absolute atomic E-state index is 3.48. The van der Waals surface area contributed by atoms with E-state index in [1.54, 1.807) is 0 Å². The van der Waals surface area contributed by atoms with E-state index in [1.807, 2.05) is 11.3 Å². The van der Waals surface area contributed by atoms with E-state index >= 15 is 0 Å². The highest BCUT2D eigenvalue weighted by atomic mass is 32.1. The quantitative estimate of drug-likeness (QED) is 0.654. The molecule has 15 heavy (non-hydrogen) atoms.